The standard InChI is InChI=1S/C24H21N7O2/c1-2-22-19(5-10-33-22)13-17(1)15-26-28-23-14-21(30-8-11-32-12-9-30)24-27-20(16-31(24)29-23)18-3-6-25-7-4-18/h1-7,10,13-16H,8-9,11-12H2,(H,28,29). The minimum atomic E-state index is 0.628. The molecule has 1 saturated heterocycles. The second-order valence-corrected chi connectivity index (χ2v) is 7.73. The molecule has 4 aromatic heterocycles. The Kier molecular flexibility index (Phi) is 4.93. The SMILES string of the molecule is C(=NNc1cc(N2CCOCC2)c2nc(-c3ccncc3)cn2n1)c1ccc2occc2c1. The van der Waals surface area contributed by atoms with Gasteiger partial charge in [0.25, 0.3) is 0 Å². The fourth-order valence-corrected chi connectivity index (χ4v) is 3.95. The van der Waals surface area contributed by atoms with Gasteiger partial charge in [0, 0.05) is 42.5 Å². The number of imidazole rings is 1. The fraction of sp³-hybridized carbons (Fsp3) is 0.167. The summed E-state index contributed by atoms with van der Waals surface area (Å²) in [6.45, 7) is 2.96. The second-order valence-electron chi connectivity index (χ2n) is 7.73. The van der Waals surface area contributed by atoms with E-state index < -0.39 is 0 Å². The van der Waals surface area contributed by atoms with Gasteiger partial charge in [0.2, 0.25) is 0 Å². The molecule has 33 heavy (non-hydrogen) atoms. The van der Waals surface area contributed by atoms with Gasteiger partial charge in [-0.15, -0.1) is 5.10 Å². The number of ether oxygens (including phenoxy) is 1. The molecule has 1 aromatic carbocycles. The Hall–Kier alpha value is -4.24. The molecule has 0 saturated carbocycles. The summed E-state index contributed by atoms with van der Waals surface area (Å²) in [6.07, 6.45) is 8.90. The molecule has 5 heterocycles. The zero-order valence-electron chi connectivity index (χ0n) is 17.8. The third-order valence-electron chi connectivity index (χ3n) is 5.60. The molecule has 0 spiro atoms. The third-order valence-corrected chi connectivity index (χ3v) is 5.60. The predicted octanol–water partition coefficient (Wildman–Crippen LogP) is 3.82. The lowest BCUT2D eigenvalue weighted by Gasteiger charge is -2.29. The number of nitrogens with zero attached hydrogens (tertiary/aromatic N) is 6. The number of fused-ring (bicyclic) bond motifs is 2. The number of rotatable bonds is 5. The lowest BCUT2D eigenvalue weighted by molar-refractivity contribution is 0.123. The van der Waals surface area contributed by atoms with Gasteiger partial charge in [0.1, 0.15) is 5.58 Å². The van der Waals surface area contributed by atoms with Crippen molar-refractivity contribution in [2.45, 2.75) is 0 Å². The quantitative estimate of drug-likeness (QED) is 0.329. The van der Waals surface area contributed by atoms with Crippen LogP contribution in [0.3, 0.4) is 0 Å². The molecule has 0 aliphatic carbocycles. The van der Waals surface area contributed by atoms with Gasteiger partial charge in [-0.05, 0) is 42.0 Å². The van der Waals surface area contributed by atoms with E-state index in [4.69, 9.17) is 19.2 Å². The Morgan fingerprint density at radius 2 is 1.91 bits per heavy atom. The van der Waals surface area contributed by atoms with Crippen LogP contribution in [0.1, 0.15) is 5.56 Å². The van der Waals surface area contributed by atoms with Gasteiger partial charge >= 0.3 is 0 Å². The summed E-state index contributed by atoms with van der Waals surface area (Å²) in [5.41, 5.74) is 8.51. The zero-order chi connectivity index (χ0) is 22.0. The first-order valence-electron chi connectivity index (χ1n) is 10.7. The molecule has 1 aliphatic rings. The highest BCUT2D eigenvalue weighted by Gasteiger charge is 2.18. The number of hydrogen-bond acceptors (Lipinski definition) is 8. The summed E-state index contributed by atoms with van der Waals surface area (Å²) in [5.74, 6) is 0.628. The number of nitrogens with one attached hydrogen (secondary N) is 1. The summed E-state index contributed by atoms with van der Waals surface area (Å²) >= 11 is 0. The van der Waals surface area contributed by atoms with Crippen LogP contribution in [-0.2, 0) is 4.74 Å². The van der Waals surface area contributed by atoms with E-state index in [0.717, 1.165) is 52.2 Å². The highest BCUT2D eigenvalue weighted by Crippen LogP contribution is 2.27. The van der Waals surface area contributed by atoms with Crippen molar-refractivity contribution in [2.24, 2.45) is 5.10 Å². The van der Waals surface area contributed by atoms with Gasteiger partial charge in [-0.25, -0.2) is 9.50 Å². The summed E-state index contributed by atoms with van der Waals surface area (Å²) < 4.78 is 12.7. The topological polar surface area (TPSA) is 93.1 Å². The number of benzene rings is 1. The zero-order valence-corrected chi connectivity index (χ0v) is 17.8. The first-order chi connectivity index (χ1) is 16.3. The number of furan rings is 1. The minimum absolute atomic E-state index is 0.628. The Bertz CT molecular complexity index is 1440. The summed E-state index contributed by atoms with van der Waals surface area (Å²) in [5, 5.41) is 10.1. The van der Waals surface area contributed by atoms with Crippen LogP contribution >= 0.6 is 0 Å². The smallest absolute Gasteiger partial charge is 0.177 e. The highest BCUT2D eigenvalue weighted by molar-refractivity contribution is 5.88. The summed E-state index contributed by atoms with van der Waals surface area (Å²) in [7, 11) is 0. The molecule has 1 aliphatic heterocycles. The Morgan fingerprint density at radius 1 is 1.03 bits per heavy atom. The molecule has 164 valence electrons. The maximum Gasteiger partial charge on any atom is 0.177 e. The highest BCUT2D eigenvalue weighted by atomic mass is 16.5. The lowest BCUT2D eigenvalue weighted by atomic mass is 10.2. The monoisotopic (exact) mass is 439 g/mol. The molecular weight excluding hydrogens is 418 g/mol. The third kappa shape index (κ3) is 3.90. The Balaban J connectivity index is 1.34. The molecule has 0 amide bonds. The van der Waals surface area contributed by atoms with Crippen molar-refractivity contribution in [3.8, 4) is 11.3 Å². The second kappa shape index (κ2) is 8.36. The molecule has 1 N–H and O–H groups in total. The van der Waals surface area contributed by atoms with Crippen LogP contribution in [0.4, 0.5) is 11.5 Å². The molecule has 5 aromatic rings. The molecule has 0 atom stereocenters. The van der Waals surface area contributed by atoms with Crippen LogP contribution in [-0.4, -0.2) is 52.1 Å². The number of aromatic nitrogens is 4. The molecule has 0 radical (unpaired) electrons. The van der Waals surface area contributed by atoms with Crippen LogP contribution in [0.2, 0.25) is 0 Å². The molecule has 6 rings (SSSR count). The van der Waals surface area contributed by atoms with E-state index in [2.05, 4.69) is 20.4 Å². The van der Waals surface area contributed by atoms with Crippen LogP contribution in [0.5, 0.6) is 0 Å². The van der Waals surface area contributed by atoms with E-state index in [1.807, 2.05) is 48.7 Å². The minimum Gasteiger partial charge on any atom is -0.464 e. The van der Waals surface area contributed by atoms with E-state index in [1.54, 1.807) is 29.4 Å². The van der Waals surface area contributed by atoms with E-state index in [0.29, 0.717) is 19.0 Å². The van der Waals surface area contributed by atoms with Crippen molar-refractivity contribution < 1.29 is 9.15 Å². The van der Waals surface area contributed by atoms with Gasteiger partial charge < -0.3 is 14.1 Å². The fourth-order valence-electron chi connectivity index (χ4n) is 3.95. The van der Waals surface area contributed by atoms with Gasteiger partial charge in [0.15, 0.2) is 11.5 Å². The van der Waals surface area contributed by atoms with Crippen molar-refractivity contribution >= 4 is 34.3 Å². The average molecular weight is 439 g/mol. The first-order valence-corrected chi connectivity index (χ1v) is 10.7. The van der Waals surface area contributed by atoms with Crippen molar-refractivity contribution in [3.05, 3.63) is 72.9 Å². The molecule has 1 fully saturated rings. The number of pyridine rings is 1. The number of hydrazone groups is 1. The van der Waals surface area contributed by atoms with Gasteiger partial charge in [-0.3, -0.25) is 10.4 Å². The predicted molar refractivity (Wildman–Crippen MR) is 127 cm³/mol. The normalized spacial score (nSPS) is 14.5. The summed E-state index contributed by atoms with van der Waals surface area (Å²) in [6, 6.07) is 13.7. The number of morpholine rings is 1. The molecule has 9 heteroatoms. The first kappa shape index (κ1) is 19.4. The molecule has 0 bridgehead atoms. The maximum absolute atomic E-state index is 5.54. The number of hydrogen-bond donors (Lipinski definition) is 1. The maximum atomic E-state index is 5.54. The summed E-state index contributed by atoms with van der Waals surface area (Å²) in [4.78, 5) is 11.2. The van der Waals surface area contributed by atoms with Crippen molar-refractivity contribution in [3.63, 3.8) is 0 Å². The van der Waals surface area contributed by atoms with Crippen molar-refractivity contribution in [2.75, 3.05) is 36.6 Å². The van der Waals surface area contributed by atoms with Crippen molar-refractivity contribution in [1.29, 1.82) is 0 Å². The van der Waals surface area contributed by atoms with E-state index >= 15 is 0 Å². The van der Waals surface area contributed by atoms with Crippen LogP contribution in [0, 0.1) is 0 Å². The van der Waals surface area contributed by atoms with E-state index in [1.165, 1.54) is 0 Å². The molecule has 0 unspecified atom stereocenters. The van der Waals surface area contributed by atoms with E-state index in [9.17, 15) is 0 Å². The largest absolute Gasteiger partial charge is 0.464 e. The van der Waals surface area contributed by atoms with Crippen molar-refractivity contribution in [1.82, 2.24) is 19.6 Å². The van der Waals surface area contributed by atoms with Crippen LogP contribution in [0.15, 0.2) is 76.8 Å². The van der Waals surface area contributed by atoms with Gasteiger partial charge in [-0.1, -0.05) is 0 Å². The lowest BCUT2D eigenvalue weighted by Crippen LogP contribution is -2.36. The average Bonchev–Trinajstić information content (AvgIpc) is 3.51. The van der Waals surface area contributed by atoms with Gasteiger partial charge in [-0.2, -0.15) is 5.10 Å². The molecular formula is C24H21N7O2. The molecule has 9 nitrogen and oxygen atoms in total. The van der Waals surface area contributed by atoms with E-state index in [-0.39, 0.29) is 0 Å². The Morgan fingerprint density at radius 3 is 2.79 bits per heavy atom. The number of anilines is 2. The van der Waals surface area contributed by atoms with Crippen LogP contribution < -0.4 is 10.3 Å². The van der Waals surface area contributed by atoms with Gasteiger partial charge in [0.05, 0.1) is 43.3 Å². The van der Waals surface area contributed by atoms with Crippen LogP contribution in [0.25, 0.3) is 27.9 Å². The Labute approximate surface area is 189 Å².